The van der Waals surface area contributed by atoms with E-state index in [9.17, 15) is 21.6 Å². The molecule has 0 radical (unpaired) electrons. The minimum absolute atomic E-state index is 0.0784. The lowest BCUT2D eigenvalue weighted by Gasteiger charge is -2.18. The van der Waals surface area contributed by atoms with Gasteiger partial charge in [-0.15, -0.1) is 0 Å². The van der Waals surface area contributed by atoms with Crippen molar-refractivity contribution in [2.24, 2.45) is 5.92 Å². The summed E-state index contributed by atoms with van der Waals surface area (Å²) >= 11 is 0. The third-order valence-electron chi connectivity index (χ3n) is 5.50. The molecule has 0 spiro atoms. The van der Waals surface area contributed by atoms with Crippen LogP contribution in [0.5, 0.6) is 0 Å². The lowest BCUT2D eigenvalue weighted by Crippen LogP contribution is -2.27. The first-order chi connectivity index (χ1) is 13.7. The molecule has 2 atom stereocenters. The van der Waals surface area contributed by atoms with Crippen molar-refractivity contribution < 1.29 is 21.6 Å². The molecule has 3 aromatic rings. The van der Waals surface area contributed by atoms with Crippen LogP contribution in [0, 0.1) is 5.92 Å². The van der Waals surface area contributed by atoms with Crippen LogP contribution in [0.15, 0.2) is 30.9 Å². The van der Waals surface area contributed by atoms with E-state index < -0.39 is 27.0 Å². The van der Waals surface area contributed by atoms with Gasteiger partial charge in [-0.2, -0.15) is 13.2 Å². The topological polar surface area (TPSA) is 93.4 Å². The van der Waals surface area contributed by atoms with Crippen molar-refractivity contribution in [1.82, 2.24) is 24.3 Å². The predicted octanol–water partition coefficient (Wildman–Crippen LogP) is 1.83. The first-order valence-electron chi connectivity index (χ1n) is 8.92. The average Bonchev–Trinajstić information content (AvgIpc) is 3.36. The smallest absolute Gasteiger partial charge is 0.355 e. The lowest BCUT2D eigenvalue weighted by molar-refractivity contribution is -0.141. The van der Waals surface area contributed by atoms with Crippen LogP contribution in [0.1, 0.15) is 12.1 Å². The number of hydrogen-bond acceptors (Lipinski definition) is 7. The van der Waals surface area contributed by atoms with Crippen LogP contribution in [0.2, 0.25) is 0 Å². The van der Waals surface area contributed by atoms with Gasteiger partial charge in [0.25, 0.3) is 0 Å². The Morgan fingerprint density at radius 3 is 2.69 bits per heavy atom. The molecule has 5 rings (SSSR count). The second-order valence-electron chi connectivity index (χ2n) is 7.24. The summed E-state index contributed by atoms with van der Waals surface area (Å²) in [6.07, 6.45) is 0.855. The van der Waals surface area contributed by atoms with Crippen LogP contribution >= 0.6 is 0 Å². The van der Waals surface area contributed by atoms with Gasteiger partial charge < -0.3 is 4.90 Å². The molecular weight excluding hydrogens is 409 g/mol. The van der Waals surface area contributed by atoms with Crippen LogP contribution in [-0.2, 0) is 16.0 Å². The molecule has 12 heteroatoms. The molecular formula is C17H15F3N6O2S. The highest BCUT2D eigenvalue weighted by Gasteiger charge is 2.46. The summed E-state index contributed by atoms with van der Waals surface area (Å²) in [4.78, 5) is 18.0. The van der Waals surface area contributed by atoms with Gasteiger partial charge in [0.05, 0.1) is 23.4 Å². The molecule has 2 aliphatic heterocycles. The number of imidazole rings is 1. The second kappa shape index (κ2) is 6.12. The number of hydrogen-bond donors (Lipinski definition) is 0. The zero-order chi connectivity index (χ0) is 20.4. The molecule has 29 heavy (non-hydrogen) atoms. The Bertz CT molecular complexity index is 1210. The monoisotopic (exact) mass is 424 g/mol. The summed E-state index contributed by atoms with van der Waals surface area (Å²) < 4.78 is 64.6. The average molecular weight is 424 g/mol. The standard InChI is InChI=1S/C17H15F3N6O2S/c18-17(19,20)13-9-26-11(5-23-15(26)6-22-13)16-21-3-1-14(24-16)25-7-10-2-4-29(27,28)12(10)8-25/h1,3,5-6,9-10,12H,2,4,7-8H2. The molecule has 2 saturated heterocycles. The molecule has 2 fully saturated rings. The number of halogens is 3. The van der Waals surface area contributed by atoms with Crippen LogP contribution in [0.3, 0.4) is 0 Å². The highest BCUT2D eigenvalue weighted by molar-refractivity contribution is 7.92. The van der Waals surface area contributed by atoms with Gasteiger partial charge in [0.2, 0.25) is 0 Å². The number of rotatable bonds is 2. The first kappa shape index (κ1) is 18.3. The number of alkyl halides is 3. The number of nitrogens with zero attached hydrogens (tertiary/aromatic N) is 6. The van der Waals surface area contributed by atoms with Crippen molar-refractivity contribution in [2.75, 3.05) is 23.7 Å². The molecule has 2 aliphatic rings. The Hall–Kier alpha value is -2.76. The Labute approximate surface area is 163 Å². The van der Waals surface area contributed by atoms with E-state index in [1.165, 1.54) is 16.8 Å². The summed E-state index contributed by atoms with van der Waals surface area (Å²) in [6.45, 7) is 0.939. The van der Waals surface area contributed by atoms with Gasteiger partial charge in [0.1, 0.15) is 11.5 Å². The van der Waals surface area contributed by atoms with E-state index in [2.05, 4.69) is 19.9 Å². The Balaban J connectivity index is 1.51. The van der Waals surface area contributed by atoms with Gasteiger partial charge in [-0.25, -0.2) is 28.4 Å². The van der Waals surface area contributed by atoms with Crippen LogP contribution in [0.25, 0.3) is 17.2 Å². The van der Waals surface area contributed by atoms with Crippen molar-refractivity contribution in [3.05, 3.63) is 36.5 Å². The normalized spacial score (nSPS) is 23.6. The van der Waals surface area contributed by atoms with E-state index in [0.29, 0.717) is 31.0 Å². The zero-order valence-electron chi connectivity index (χ0n) is 14.9. The van der Waals surface area contributed by atoms with Crippen molar-refractivity contribution in [1.29, 1.82) is 0 Å². The largest absolute Gasteiger partial charge is 0.434 e. The van der Waals surface area contributed by atoms with Crippen molar-refractivity contribution in [3.8, 4) is 11.5 Å². The Morgan fingerprint density at radius 2 is 1.93 bits per heavy atom. The van der Waals surface area contributed by atoms with Crippen LogP contribution in [-0.4, -0.2) is 56.8 Å². The highest BCUT2D eigenvalue weighted by Crippen LogP contribution is 2.35. The maximum absolute atomic E-state index is 13.0. The second-order valence-corrected chi connectivity index (χ2v) is 9.58. The van der Waals surface area contributed by atoms with Crippen LogP contribution in [0.4, 0.5) is 19.0 Å². The fourth-order valence-electron chi connectivity index (χ4n) is 4.03. The third kappa shape index (κ3) is 3.02. The van der Waals surface area contributed by atoms with Gasteiger partial charge in [-0.3, -0.25) is 4.40 Å². The maximum Gasteiger partial charge on any atom is 0.434 e. The molecule has 152 valence electrons. The number of fused-ring (bicyclic) bond motifs is 2. The molecule has 5 heterocycles. The van der Waals surface area contributed by atoms with E-state index >= 15 is 0 Å². The molecule has 0 aromatic carbocycles. The molecule has 3 aromatic heterocycles. The molecule has 0 bridgehead atoms. The summed E-state index contributed by atoms with van der Waals surface area (Å²) in [5.41, 5.74) is -0.511. The summed E-state index contributed by atoms with van der Waals surface area (Å²) in [7, 11) is -3.08. The maximum atomic E-state index is 13.0. The first-order valence-corrected chi connectivity index (χ1v) is 10.6. The van der Waals surface area contributed by atoms with Crippen molar-refractivity contribution in [2.45, 2.75) is 17.8 Å². The predicted molar refractivity (Wildman–Crippen MR) is 96.9 cm³/mol. The lowest BCUT2D eigenvalue weighted by atomic mass is 10.1. The van der Waals surface area contributed by atoms with Crippen molar-refractivity contribution in [3.63, 3.8) is 0 Å². The summed E-state index contributed by atoms with van der Waals surface area (Å²) in [5, 5.41) is -0.392. The van der Waals surface area contributed by atoms with E-state index in [4.69, 9.17) is 0 Å². The van der Waals surface area contributed by atoms with Gasteiger partial charge in [-0.1, -0.05) is 0 Å². The molecule has 0 aliphatic carbocycles. The van der Waals surface area contributed by atoms with E-state index in [0.717, 1.165) is 12.4 Å². The van der Waals surface area contributed by atoms with Crippen molar-refractivity contribution >= 4 is 21.3 Å². The third-order valence-corrected chi connectivity index (χ3v) is 7.76. The highest BCUT2D eigenvalue weighted by atomic mass is 32.2. The Morgan fingerprint density at radius 1 is 1.10 bits per heavy atom. The SMILES string of the molecule is O=S1(=O)CCC2CN(c3ccnc(-c4cnc5cnc(C(F)(F)F)cn45)n3)CC21. The summed E-state index contributed by atoms with van der Waals surface area (Å²) in [6, 6.07) is 1.67. The summed E-state index contributed by atoms with van der Waals surface area (Å²) in [5.74, 6) is 1.05. The van der Waals surface area contributed by atoms with Gasteiger partial charge >= 0.3 is 6.18 Å². The van der Waals surface area contributed by atoms with Crippen LogP contribution < -0.4 is 4.90 Å². The van der Waals surface area contributed by atoms with E-state index in [-0.39, 0.29) is 23.1 Å². The molecule has 0 saturated carbocycles. The Kier molecular flexibility index (Phi) is 3.86. The minimum Gasteiger partial charge on any atom is -0.355 e. The van der Waals surface area contributed by atoms with E-state index in [1.807, 2.05) is 4.90 Å². The number of aromatic nitrogens is 5. The number of anilines is 1. The molecule has 8 nitrogen and oxygen atoms in total. The molecule has 2 unspecified atom stereocenters. The quantitative estimate of drug-likeness (QED) is 0.620. The van der Waals surface area contributed by atoms with Gasteiger partial charge in [-0.05, 0) is 18.4 Å². The molecule has 0 amide bonds. The van der Waals surface area contributed by atoms with Gasteiger partial charge in [0, 0.05) is 25.5 Å². The fraction of sp³-hybridized carbons (Fsp3) is 0.412. The minimum atomic E-state index is -4.59. The van der Waals surface area contributed by atoms with Gasteiger partial charge in [0.15, 0.2) is 27.0 Å². The fourth-order valence-corrected chi connectivity index (χ4v) is 6.18. The van der Waals surface area contributed by atoms with E-state index in [1.54, 1.807) is 6.07 Å². The zero-order valence-corrected chi connectivity index (χ0v) is 15.7. The number of sulfone groups is 1. The molecule has 0 N–H and O–H groups in total.